The zero-order valence-electron chi connectivity index (χ0n) is 23.2. The summed E-state index contributed by atoms with van der Waals surface area (Å²) in [5.41, 5.74) is 2.98. The normalized spacial score (nSPS) is 44.1. The molecule has 37 heavy (non-hydrogen) atoms. The molecule has 0 heterocycles. The molecule has 0 aliphatic heterocycles. The van der Waals surface area contributed by atoms with Crippen LogP contribution in [0.15, 0.2) is 24.3 Å². The molecule has 4 saturated carbocycles. The molecule has 0 amide bonds. The summed E-state index contributed by atoms with van der Waals surface area (Å²) < 4.78 is 0. The SMILES string of the molecule is CC1(C)C(c2ccc(C(=O)O)c(O)c2)=CC[C@@]2(C)C1CC[C@@]1(C)C3CC[C@@]4(CO)CCCC4[C@H]3CCC12. The first-order chi connectivity index (χ1) is 17.5. The highest BCUT2D eigenvalue weighted by Gasteiger charge is 2.65. The fourth-order valence-corrected chi connectivity index (χ4v) is 11.6. The minimum absolute atomic E-state index is 0.0343. The van der Waals surface area contributed by atoms with Crippen molar-refractivity contribution in [2.75, 3.05) is 6.61 Å². The zero-order valence-corrected chi connectivity index (χ0v) is 23.2. The molecule has 4 unspecified atom stereocenters. The predicted octanol–water partition coefficient (Wildman–Crippen LogP) is 7.54. The monoisotopic (exact) mass is 506 g/mol. The third-order valence-electron chi connectivity index (χ3n) is 13.1. The van der Waals surface area contributed by atoms with E-state index >= 15 is 0 Å². The third-order valence-corrected chi connectivity index (χ3v) is 13.1. The van der Waals surface area contributed by atoms with Gasteiger partial charge in [-0.05, 0) is 132 Å². The maximum absolute atomic E-state index is 11.4. The second-order valence-corrected chi connectivity index (χ2v) is 14.6. The van der Waals surface area contributed by atoms with Crippen LogP contribution in [0.4, 0.5) is 0 Å². The molecule has 5 aliphatic carbocycles. The van der Waals surface area contributed by atoms with Crippen molar-refractivity contribution in [3.63, 3.8) is 0 Å². The fraction of sp³-hybridized carbons (Fsp3) is 0.727. The fourth-order valence-electron chi connectivity index (χ4n) is 11.6. The number of phenols is 1. The maximum Gasteiger partial charge on any atom is 0.339 e. The highest BCUT2D eigenvalue weighted by atomic mass is 16.4. The van der Waals surface area contributed by atoms with Crippen molar-refractivity contribution in [3.05, 3.63) is 35.4 Å². The van der Waals surface area contributed by atoms with E-state index in [1.807, 2.05) is 6.07 Å². The van der Waals surface area contributed by atoms with Crippen LogP contribution in [0.3, 0.4) is 0 Å². The van der Waals surface area contributed by atoms with Crippen molar-refractivity contribution >= 4 is 11.5 Å². The van der Waals surface area contributed by atoms with Crippen molar-refractivity contribution in [3.8, 4) is 5.75 Å². The summed E-state index contributed by atoms with van der Waals surface area (Å²) in [4.78, 5) is 11.4. The van der Waals surface area contributed by atoms with Gasteiger partial charge in [0.05, 0.1) is 0 Å². The number of carbonyl (C=O) groups is 1. The van der Waals surface area contributed by atoms with Crippen LogP contribution in [-0.4, -0.2) is 27.9 Å². The summed E-state index contributed by atoms with van der Waals surface area (Å²) in [5, 5.41) is 30.2. The number of carboxylic acid groups (broad SMARTS) is 1. The quantitative estimate of drug-likeness (QED) is 0.396. The molecule has 4 heteroatoms. The van der Waals surface area contributed by atoms with Gasteiger partial charge in [0.15, 0.2) is 0 Å². The molecule has 0 radical (unpaired) electrons. The first-order valence-electron chi connectivity index (χ1n) is 14.9. The number of aromatic hydroxyl groups is 1. The first-order valence-corrected chi connectivity index (χ1v) is 14.9. The summed E-state index contributed by atoms with van der Waals surface area (Å²) in [7, 11) is 0. The highest BCUT2D eigenvalue weighted by molar-refractivity contribution is 5.91. The van der Waals surface area contributed by atoms with Crippen LogP contribution < -0.4 is 0 Å². The standard InChI is InChI=1S/C33H46O4/c1-30(2)23(20-7-8-22(29(36)37)26(35)18-20)11-15-32(4)27(30)13-16-31(3)24-12-17-33(19-34)14-5-6-25(33)21(24)9-10-28(31)32/h7-8,11,18,21,24-25,27-28,34-35H,5-6,9-10,12-17,19H2,1-4H3,(H,36,37)/t21-,24?,25?,27?,28?,31-,32-,33+/m0/s1. The van der Waals surface area contributed by atoms with E-state index in [9.17, 15) is 20.1 Å². The van der Waals surface area contributed by atoms with E-state index in [0.717, 1.165) is 29.7 Å². The molecule has 0 bridgehead atoms. The Hall–Kier alpha value is -1.81. The lowest BCUT2D eigenvalue weighted by atomic mass is 9.36. The van der Waals surface area contributed by atoms with Crippen LogP contribution in [-0.2, 0) is 0 Å². The number of allylic oxidation sites excluding steroid dienone is 2. The molecule has 4 nitrogen and oxygen atoms in total. The second kappa shape index (κ2) is 8.34. The van der Waals surface area contributed by atoms with Crippen molar-refractivity contribution in [2.24, 2.45) is 51.2 Å². The summed E-state index contributed by atoms with van der Waals surface area (Å²) in [6.45, 7) is 10.4. The number of hydrogen-bond acceptors (Lipinski definition) is 3. The highest BCUT2D eigenvalue weighted by Crippen LogP contribution is 2.73. The molecular formula is C33H46O4. The minimum atomic E-state index is -1.09. The van der Waals surface area contributed by atoms with Crippen LogP contribution in [0.1, 0.15) is 108 Å². The Morgan fingerprint density at radius 1 is 0.919 bits per heavy atom. The van der Waals surface area contributed by atoms with Crippen LogP contribution in [0.25, 0.3) is 5.57 Å². The van der Waals surface area contributed by atoms with E-state index in [0.29, 0.717) is 23.9 Å². The summed E-state index contributed by atoms with van der Waals surface area (Å²) in [6.07, 6.45) is 15.0. The number of hydrogen-bond donors (Lipinski definition) is 3. The Kier molecular flexibility index (Phi) is 5.74. The summed E-state index contributed by atoms with van der Waals surface area (Å²) in [6, 6.07) is 5.10. The molecule has 8 atom stereocenters. The molecule has 0 saturated heterocycles. The molecule has 3 N–H and O–H groups in total. The number of rotatable bonds is 3. The molecule has 0 spiro atoms. The Balaban J connectivity index is 1.33. The van der Waals surface area contributed by atoms with Gasteiger partial charge in [-0.25, -0.2) is 4.79 Å². The average molecular weight is 507 g/mol. The van der Waals surface area contributed by atoms with Crippen molar-refractivity contribution in [2.45, 2.75) is 91.9 Å². The molecule has 202 valence electrons. The van der Waals surface area contributed by atoms with Gasteiger partial charge in [0, 0.05) is 6.61 Å². The number of aliphatic hydroxyl groups excluding tert-OH is 1. The molecule has 6 rings (SSSR count). The molecule has 0 aromatic heterocycles. The van der Waals surface area contributed by atoms with E-state index in [2.05, 4.69) is 33.8 Å². The predicted molar refractivity (Wildman–Crippen MR) is 146 cm³/mol. The number of aromatic carboxylic acids is 1. The van der Waals surface area contributed by atoms with E-state index in [1.165, 1.54) is 63.4 Å². The second-order valence-electron chi connectivity index (χ2n) is 14.6. The van der Waals surface area contributed by atoms with E-state index in [1.54, 1.807) is 12.1 Å². The van der Waals surface area contributed by atoms with E-state index < -0.39 is 5.97 Å². The molecule has 5 aliphatic rings. The lowest BCUT2D eigenvalue weighted by molar-refractivity contribution is -0.181. The Labute approximate surface area is 222 Å². The number of benzene rings is 1. The van der Waals surface area contributed by atoms with Gasteiger partial charge in [-0.1, -0.05) is 46.3 Å². The van der Waals surface area contributed by atoms with Gasteiger partial charge in [-0.15, -0.1) is 0 Å². The molecule has 1 aromatic carbocycles. The van der Waals surface area contributed by atoms with Crippen LogP contribution >= 0.6 is 0 Å². The minimum Gasteiger partial charge on any atom is -0.507 e. The first kappa shape index (κ1) is 25.5. The van der Waals surface area contributed by atoms with Gasteiger partial charge in [-0.2, -0.15) is 0 Å². The smallest absolute Gasteiger partial charge is 0.339 e. The van der Waals surface area contributed by atoms with E-state index in [4.69, 9.17) is 0 Å². The van der Waals surface area contributed by atoms with Crippen LogP contribution in [0.2, 0.25) is 0 Å². The number of fused-ring (bicyclic) bond motifs is 7. The van der Waals surface area contributed by atoms with Gasteiger partial charge in [0.25, 0.3) is 0 Å². The average Bonchev–Trinajstić information content (AvgIpc) is 3.28. The zero-order chi connectivity index (χ0) is 26.4. The largest absolute Gasteiger partial charge is 0.507 e. The number of carboxylic acids is 1. The Morgan fingerprint density at radius 2 is 1.70 bits per heavy atom. The van der Waals surface area contributed by atoms with E-state index in [-0.39, 0.29) is 27.6 Å². The van der Waals surface area contributed by atoms with Crippen molar-refractivity contribution in [1.29, 1.82) is 0 Å². The topological polar surface area (TPSA) is 77.8 Å². The molecule has 1 aromatic rings. The van der Waals surface area contributed by atoms with Crippen molar-refractivity contribution in [1.82, 2.24) is 0 Å². The third kappa shape index (κ3) is 3.39. The molecular weight excluding hydrogens is 460 g/mol. The van der Waals surface area contributed by atoms with Crippen LogP contribution in [0, 0.1) is 51.2 Å². The van der Waals surface area contributed by atoms with Gasteiger partial charge in [0.2, 0.25) is 0 Å². The lowest BCUT2D eigenvalue weighted by Gasteiger charge is -2.68. The Morgan fingerprint density at radius 3 is 2.41 bits per heavy atom. The van der Waals surface area contributed by atoms with Crippen molar-refractivity contribution < 1.29 is 20.1 Å². The summed E-state index contributed by atoms with van der Waals surface area (Å²) >= 11 is 0. The summed E-state index contributed by atoms with van der Waals surface area (Å²) in [5.74, 6) is 2.35. The maximum atomic E-state index is 11.4. The van der Waals surface area contributed by atoms with Gasteiger partial charge in [-0.3, -0.25) is 0 Å². The van der Waals surface area contributed by atoms with Crippen LogP contribution in [0.5, 0.6) is 5.75 Å². The lowest BCUT2D eigenvalue weighted by Crippen LogP contribution is -2.61. The Bertz CT molecular complexity index is 1140. The number of aliphatic hydroxyl groups is 1. The van der Waals surface area contributed by atoms with Gasteiger partial charge < -0.3 is 15.3 Å². The molecule has 4 fully saturated rings. The van der Waals surface area contributed by atoms with Gasteiger partial charge in [0.1, 0.15) is 11.3 Å². The van der Waals surface area contributed by atoms with Gasteiger partial charge >= 0.3 is 5.97 Å².